The Morgan fingerprint density at radius 2 is 1.23 bits per heavy atom. The minimum atomic E-state index is -2.47. The first kappa shape index (κ1) is 22.3. The number of ether oxygens (including phenoxy) is 2. The molecule has 2 fully saturated rings. The van der Waals surface area contributed by atoms with Gasteiger partial charge in [0.25, 0.3) is 0 Å². The van der Waals surface area contributed by atoms with Gasteiger partial charge in [0.2, 0.25) is 0 Å². The summed E-state index contributed by atoms with van der Waals surface area (Å²) in [6, 6.07) is 0. The Labute approximate surface area is 155 Å². The van der Waals surface area contributed by atoms with Crippen molar-refractivity contribution in [3.8, 4) is 0 Å². The summed E-state index contributed by atoms with van der Waals surface area (Å²) in [5, 5.41) is 0. The van der Waals surface area contributed by atoms with Crippen molar-refractivity contribution in [3.63, 3.8) is 0 Å². The largest absolute Gasteiger partial charge is 0.746 e. The molecule has 1 unspecified atom stereocenters. The van der Waals surface area contributed by atoms with Gasteiger partial charge in [-0.15, -0.1) is 4.89 Å². The second-order valence-electron chi connectivity index (χ2n) is 6.24. The number of hydrogen-bond acceptors (Lipinski definition) is 6. The van der Waals surface area contributed by atoms with Gasteiger partial charge in [-0.1, -0.05) is 19.4 Å². The van der Waals surface area contributed by atoms with Gasteiger partial charge in [-0.3, -0.25) is 0 Å². The molecule has 1 atom stereocenters. The lowest BCUT2D eigenvalue weighted by Gasteiger charge is -2.21. The van der Waals surface area contributed by atoms with Gasteiger partial charge in [-0.25, -0.2) is 14.1 Å². The van der Waals surface area contributed by atoms with Gasteiger partial charge in [-0.05, 0) is 51.4 Å². The summed E-state index contributed by atoms with van der Waals surface area (Å²) < 4.78 is 23.9. The highest BCUT2D eigenvalue weighted by molar-refractivity contribution is 7.32. The fraction of sp³-hybridized carbons (Fsp3) is 0.667. The van der Waals surface area contributed by atoms with Gasteiger partial charge in [0.1, 0.15) is 18.5 Å². The molecule has 0 heterocycles. The van der Waals surface area contributed by atoms with Crippen molar-refractivity contribution in [2.75, 3.05) is 0 Å². The maximum absolute atomic E-state index is 11.6. The number of carbonyl (C=O) groups excluding carboxylic acids is 2. The maximum atomic E-state index is 11.6. The van der Waals surface area contributed by atoms with Crippen LogP contribution in [-0.4, -0.2) is 29.0 Å². The van der Waals surface area contributed by atoms with Crippen molar-refractivity contribution in [3.05, 3.63) is 25.0 Å². The molecule has 2 saturated carbocycles. The van der Waals surface area contributed by atoms with Crippen molar-refractivity contribution < 1.29 is 33.0 Å². The zero-order valence-corrected chi connectivity index (χ0v) is 15.9. The predicted octanol–water partition coefficient (Wildman–Crippen LogP) is 4.09. The number of carbonyl (C=O) groups is 2. The quantitative estimate of drug-likeness (QED) is 0.317. The van der Waals surface area contributed by atoms with Crippen molar-refractivity contribution in [1.29, 1.82) is 0 Å². The molecule has 2 rings (SSSR count). The topological polar surface area (TPSA) is 99.1 Å². The second-order valence-corrected chi connectivity index (χ2v) is 6.92. The highest BCUT2D eigenvalue weighted by Gasteiger charge is 2.18. The molecular weight excluding hydrogens is 359 g/mol. The van der Waals surface area contributed by atoms with Crippen molar-refractivity contribution >= 4 is 20.2 Å². The molecule has 0 aromatic heterocycles. The molecule has 0 amide bonds. The summed E-state index contributed by atoms with van der Waals surface area (Å²) in [4.78, 5) is 31.0. The highest BCUT2D eigenvalue weighted by atomic mass is 31.1. The van der Waals surface area contributed by atoms with Gasteiger partial charge >= 0.3 is 20.2 Å². The molecule has 0 spiro atoms. The van der Waals surface area contributed by atoms with Crippen LogP contribution in [0.1, 0.15) is 64.2 Å². The van der Waals surface area contributed by atoms with Crippen LogP contribution in [0, 0.1) is 0 Å². The molecule has 0 aromatic rings. The Morgan fingerprint density at radius 3 is 1.50 bits per heavy atom. The minimum Gasteiger partial charge on any atom is -0.459 e. The average molecular weight is 387 g/mol. The number of rotatable bonds is 6. The van der Waals surface area contributed by atoms with Gasteiger partial charge in [0, 0.05) is 16.7 Å². The highest BCUT2D eigenvalue weighted by Crippen LogP contribution is 2.21. The molecule has 0 bridgehead atoms. The summed E-state index contributed by atoms with van der Waals surface area (Å²) in [5.74, 6) is -0.866. The second kappa shape index (κ2) is 13.5. The molecule has 1 N–H and O–H groups in total. The van der Waals surface area contributed by atoms with Crippen LogP contribution in [0.2, 0.25) is 0 Å². The van der Waals surface area contributed by atoms with E-state index in [1.165, 1.54) is 25.0 Å². The zero-order chi connectivity index (χ0) is 19.2. The van der Waals surface area contributed by atoms with Gasteiger partial charge in [0.15, 0.2) is 0 Å². The Morgan fingerprint density at radius 1 is 0.846 bits per heavy atom. The summed E-state index contributed by atoms with van der Waals surface area (Å²) >= 11 is 0. The predicted molar refractivity (Wildman–Crippen MR) is 96.2 cm³/mol. The molecule has 0 radical (unpaired) electrons. The summed E-state index contributed by atoms with van der Waals surface area (Å²) in [5.41, 5.74) is 0. The standard InChI is InChI=1S/C16H24O4.C2H3O3P/c17-15(19-13-7-3-1-4-8-13)11-12-16(18)20-14-9-5-2-6-10-14;1-2-5-6(3)4/h11-14H,1-10H2;2H,1H2/p+1/b12-11-;. The van der Waals surface area contributed by atoms with Gasteiger partial charge in [0.05, 0.1) is 0 Å². The molecule has 0 saturated heterocycles. The van der Waals surface area contributed by atoms with Crippen LogP contribution in [0.15, 0.2) is 25.0 Å². The van der Waals surface area contributed by atoms with Crippen LogP contribution >= 0.6 is 8.25 Å². The lowest BCUT2D eigenvalue weighted by molar-refractivity contribution is -0.147. The van der Waals surface area contributed by atoms with Crippen LogP contribution in [-0.2, 0) is 28.2 Å². The Balaban J connectivity index is 0.000000487. The summed E-state index contributed by atoms with van der Waals surface area (Å²) in [7, 11) is -2.47. The molecule has 8 heteroatoms. The normalized spacial score (nSPS) is 19.0. The lowest BCUT2D eigenvalue weighted by Crippen LogP contribution is -2.21. The molecule has 146 valence electrons. The number of hydrogen-bond donors (Lipinski definition) is 1. The first-order valence-corrected chi connectivity index (χ1v) is 10.2. The van der Waals surface area contributed by atoms with E-state index in [-0.39, 0.29) is 12.2 Å². The van der Waals surface area contributed by atoms with Crippen molar-refractivity contribution in [1.82, 2.24) is 0 Å². The third kappa shape index (κ3) is 11.0. The van der Waals surface area contributed by atoms with E-state index >= 15 is 0 Å². The van der Waals surface area contributed by atoms with Gasteiger partial charge in [-0.2, -0.15) is 0 Å². The average Bonchev–Trinajstić information content (AvgIpc) is 2.62. The van der Waals surface area contributed by atoms with Crippen molar-refractivity contribution in [2.24, 2.45) is 0 Å². The first-order chi connectivity index (χ1) is 12.5. The Hall–Kier alpha value is -1.72. The fourth-order valence-electron chi connectivity index (χ4n) is 2.97. The van der Waals surface area contributed by atoms with E-state index in [1.807, 2.05) is 0 Å². The molecule has 2 aliphatic rings. The lowest BCUT2D eigenvalue weighted by atomic mass is 9.98. The summed E-state index contributed by atoms with van der Waals surface area (Å²) in [6.45, 7) is 3.03. The van der Waals surface area contributed by atoms with E-state index in [1.54, 1.807) is 0 Å². The molecule has 7 nitrogen and oxygen atoms in total. The van der Waals surface area contributed by atoms with E-state index in [4.69, 9.17) is 14.4 Å². The fourth-order valence-corrected chi connectivity index (χ4v) is 3.10. The molecule has 2 aliphatic carbocycles. The van der Waals surface area contributed by atoms with Crippen LogP contribution in [0.4, 0.5) is 0 Å². The van der Waals surface area contributed by atoms with Crippen molar-refractivity contribution in [2.45, 2.75) is 76.4 Å². The van der Waals surface area contributed by atoms with E-state index < -0.39 is 20.2 Å². The minimum absolute atomic E-state index is 0.0234. The number of esters is 2. The Bertz CT molecular complexity index is 458. The maximum Gasteiger partial charge on any atom is 0.746 e. The molecule has 26 heavy (non-hydrogen) atoms. The van der Waals surface area contributed by atoms with E-state index in [9.17, 15) is 14.2 Å². The monoisotopic (exact) mass is 387 g/mol. The smallest absolute Gasteiger partial charge is 0.459 e. The van der Waals surface area contributed by atoms with E-state index in [0.29, 0.717) is 0 Å². The van der Waals surface area contributed by atoms with E-state index in [2.05, 4.69) is 11.1 Å². The third-order valence-electron chi connectivity index (χ3n) is 4.19. The Kier molecular flexibility index (Phi) is 11.6. The molecule has 0 aliphatic heterocycles. The SMILES string of the molecule is C=CO[P+](=O)O.O=C(/C=C\C(=O)OC1CCCCC1)OC1CCCCC1. The molecular formula is C18H28O7P+. The third-order valence-corrected chi connectivity index (χ3v) is 4.52. The van der Waals surface area contributed by atoms with Crippen LogP contribution < -0.4 is 0 Å². The van der Waals surface area contributed by atoms with E-state index in [0.717, 1.165) is 57.6 Å². The van der Waals surface area contributed by atoms with Crippen LogP contribution in [0.5, 0.6) is 0 Å². The van der Waals surface area contributed by atoms with Crippen LogP contribution in [0.3, 0.4) is 0 Å². The molecule has 0 aromatic carbocycles. The van der Waals surface area contributed by atoms with Crippen LogP contribution in [0.25, 0.3) is 0 Å². The zero-order valence-electron chi connectivity index (χ0n) is 15.0. The first-order valence-electron chi connectivity index (χ1n) is 9.04. The summed E-state index contributed by atoms with van der Waals surface area (Å²) in [6.07, 6.45) is 14.0. The van der Waals surface area contributed by atoms with Gasteiger partial charge < -0.3 is 9.47 Å².